The molecule has 2 aromatic heterocycles. The molecule has 0 atom stereocenters. The first kappa shape index (κ1) is 28.4. The minimum absolute atomic E-state index is 0.0967. The van der Waals surface area contributed by atoms with Gasteiger partial charge in [-0.25, -0.2) is 9.98 Å². The zero-order valence-corrected chi connectivity index (χ0v) is 23.2. The zero-order chi connectivity index (χ0) is 29.0. The topological polar surface area (TPSA) is 131 Å². The van der Waals surface area contributed by atoms with Crippen molar-refractivity contribution < 1.29 is 28.6 Å². The van der Waals surface area contributed by atoms with Crippen LogP contribution >= 0.6 is 0 Å². The maximum absolute atomic E-state index is 12.8. The minimum atomic E-state index is -0.551. The van der Waals surface area contributed by atoms with Crippen LogP contribution in [0.2, 0.25) is 0 Å². The summed E-state index contributed by atoms with van der Waals surface area (Å²) in [5.41, 5.74) is 3.06. The van der Waals surface area contributed by atoms with E-state index in [9.17, 15) is 10.2 Å². The second-order valence-corrected chi connectivity index (χ2v) is 9.91. The Labute approximate surface area is 243 Å². The SMILES string of the molecule is [O-]/C(=N\c1c[n+](CCCCc2ccccc2)no1)c1cccc(/C([O-])=N/c2c[n+](CCCCc3ccccc3)no2)c1. The van der Waals surface area contributed by atoms with Crippen molar-refractivity contribution in [1.29, 1.82) is 0 Å². The van der Waals surface area contributed by atoms with Gasteiger partial charge in [0.25, 0.3) is 12.4 Å². The summed E-state index contributed by atoms with van der Waals surface area (Å²) in [7, 11) is 0. The van der Waals surface area contributed by atoms with Gasteiger partial charge >= 0.3 is 11.8 Å². The molecule has 0 aliphatic carbocycles. The molecule has 0 saturated carbocycles. The lowest BCUT2D eigenvalue weighted by Crippen LogP contribution is -2.34. The number of hydrogen-bond donors (Lipinski definition) is 0. The predicted molar refractivity (Wildman–Crippen MR) is 151 cm³/mol. The Bertz CT molecular complexity index is 1500. The molecule has 0 bridgehead atoms. The van der Waals surface area contributed by atoms with Crippen molar-refractivity contribution in [2.75, 3.05) is 0 Å². The number of unbranched alkanes of at least 4 members (excludes halogenated alkanes) is 2. The number of aliphatic imine (C=N–C) groups is 2. The molecular formula is C32H32N6O4. The van der Waals surface area contributed by atoms with Crippen molar-refractivity contribution in [2.45, 2.75) is 51.6 Å². The van der Waals surface area contributed by atoms with Crippen molar-refractivity contribution in [3.05, 3.63) is 120 Å². The fourth-order valence-corrected chi connectivity index (χ4v) is 4.46. The average molecular weight is 565 g/mol. The first-order valence-electron chi connectivity index (χ1n) is 14.1. The smallest absolute Gasteiger partial charge is 0.320 e. The molecule has 0 spiro atoms. The van der Waals surface area contributed by atoms with Gasteiger partial charge in [0, 0.05) is 12.8 Å². The van der Waals surface area contributed by atoms with E-state index in [-0.39, 0.29) is 22.9 Å². The molecule has 0 N–H and O–H groups in total. The summed E-state index contributed by atoms with van der Waals surface area (Å²) in [5, 5.41) is 33.4. The highest BCUT2D eigenvalue weighted by molar-refractivity contribution is 5.97. The third kappa shape index (κ3) is 8.44. The van der Waals surface area contributed by atoms with Crippen molar-refractivity contribution in [3.63, 3.8) is 0 Å². The second kappa shape index (κ2) is 14.5. The number of aryl methyl sites for hydroxylation is 4. The van der Waals surface area contributed by atoms with Crippen LogP contribution in [0.15, 0.2) is 116 Å². The Morgan fingerprint density at radius 3 is 1.50 bits per heavy atom. The lowest BCUT2D eigenvalue weighted by molar-refractivity contribution is -0.762. The van der Waals surface area contributed by atoms with E-state index in [2.05, 4.69) is 44.8 Å². The predicted octanol–water partition coefficient (Wildman–Crippen LogP) is 3.16. The molecule has 5 aromatic rings. The van der Waals surface area contributed by atoms with E-state index >= 15 is 0 Å². The fourth-order valence-electron chi connectivity index (χ4n) is 4.46. The Kier molecular flexibility index (Phi) is 9.80. The van der Waals surface area contributed by atoms with Crippen LogP contribution in [0.5, 0.6) is 0 Å². The van der Waals surface area contributed by atoms with Gasteiger partial charge in [-0.2, -0.15) is 0 Å². The summed E-state index contributed by atoms with van der Waals surface area (Å²) in [4.78, 5) is 8.01. The number of aromatic nitrogens is 4. The molecule has 0 fully saturated rings. The quantitative estimate of drug-likeness (QED) is 0.0881. The van der Waals surface area contributed by atoms with Gasteiger partial charge in [-0.3, -0.25) is 9.05 Å². The van der Waals surface area contributed by atoms with E-state index in [0.29, 0.717) is 13.1 Å². The summed E-state index contributed by atoms with van der Waals surface area (Å²) in [6, 6.07) is 26.8. The fraction of sp³-hybridized carbons (Fsp3) is 0.250. The maximum atomic E-state index is 12.8. The van der Waals surface area contributed by atoms with Crippen LogP contribution in [-0.4, -0.2) is 22.3 Å². The Morgan fingerprint density at radius 2 is 1.05 bits per heavy atom. The molecule has 0 amide bonds. The van der Waals surface area contributed by atoms with Crippen molar-refractivity contribution in [3.8, 4) is 0 Å². The molecule has 10 heteroatoms. The van der Waals surface area contributed by atoms with E-state index in [1.165, 1.54) is 17.2 Å². The van der Waals surface area contributed by atoms with Gasteiger partial charge in [-0.15, -0.1) is 0 Å². The third-order valence-corrected chi connectivity index (χ3v) is 6.67. The molecule has 0 aliphatic rings. The van der Waals surface area contributed by atoms with Gasteiger partial charge in [-0.05, 0) is 65.8 Å². The van der Waals surface area contributed by atoms with E-state index in [1.54, 1.807) is 40.0 Å². The van der Waals surface area contributed by atoms with Gasteiger partial charge in [0.05, 0.1) is 0 Å². The molecule has 214 valence electrons. The monoisotopic (exact) mass is 564 g/mol. The summed E-state index contributed by atoms with van der Waals surface area (Å²) in [5.74, 6) is -0.908. The van der Waals surface area contributed by atoms with Gasteiger partial charge < -0.3 is 10.2 Å². The second-order valence-electron chi connectivity index (χ2n) is 9.91. The summed E-state index contributed by atoms with van der Waals surface area (Å²) in [6.07, 6.45) is 8.98. The molecule has 3 aromatic carbocycles. The number of nitrogens with zero attached hydrogens (tertiary/aromatic N) is 6. The highest BCUT2D eigenvalue weighted by Crippen LogP contribution is 2.13. The zero-order valence-electron chi connectivity index (χ0n) is 23.2. The molecule has 0 unspecified atom stereocenters. The van der Waals surface area contributed by atoms with Crippen LogP contribution in [0, 0.1) is 0 Å². The highest BCUT2D eigenvalue weighted by Gasteiger charge is 2.12. The molecule has 0 saturated heterocycles. The van der Waals surface area contributed by atoms with Crippen LogP contribution in [0.1, 0.15) is 47.9 Å². The number of benzene rings is 3. The van der Waals surface area contributed by atoms with E-state index in [4.69, 9.17) is 9.05 Å². The third-order valence-electron chi connectivity index (χ3n) is 6.67. The molecule has 2 heterocycles. The molecule has 10 nitrogen and oxygen atoms in total. The van der Waals surface area contributed by atoms with Crippen molar-refractivity contribution in [2.24, 2.45) is 9.98 Å². The van der Waals surface area contributed by atoms with Gasteiger partial charge in [-0.1, -0.05) is 88.2 Å². The highest BCUT2D eigenvalue weighted by atomic mass is 16.5. The van der Waals surface area contributed by atoms with Gasteiger partial charge in [0.15, 0.2) is 13.1 Å². The van der Waals surface area contributed by atoms with Gasteiger partial charge in [0.2, 0.25) is 10.5 Å². The van der Waals surface area contributed by atoms with Gasteiger partial charge in [0.1, 0.15) is 0 Å². The Balaban J connectivity index is 1.13. The van der Waals surface area contributed by atoms with Crippen molar-refractivity contribution in [1.82, 2.24) is 10.5 Å². The van der Waals surface area contributed by atoms with Crippen LogP contribution in [0.3, 0.4) is 0 Å². The summed E-state index contributed by atoms with van der Waals surface area (Å²) in [6.45, 7) is 1.31. The van der Waals surface area contributed by atoms with E-state index in [1.807, 2.05) is 36.4 Å². The van der Waals surface area contributed by atoms with Crippen LogP contribution in [-0.2, 0) is 25.9 Å². The largest absolute Gasteiger partial charge is 0.858 e. The van der Waals surface area contributed by atoms with Crippen molar-refractivity contribution >= 4 is 23.6 Å². The molecular weight excluding hydrogens is 532 g/mol. The lowest BCUT2D eigenvalue weighted by Gasteiger charge is -2.13. The molecule has 0 aliphatic heterocycles. The van der Waals surface area contributed by atoms with Crippen LogP contribution < -0.4 is 19.6 Å². The first-order valence-corrected chi connectivity index (χ1v) is 14.1. The standard InChI is InChI=1S/C32H32N6O4/c39-31(33-29-23-37(35-41-29)20-9-7-16-25-12-3-1-4-13-25)27-18-11-19-28(22-27)32(40)34-30-24-38(36-42-30)21-10-8-17-26-14-5-2-6-15-26/h1-6,11-15,18-19,22-24H,7-10,16-17,20-21H2. The maximum Gasteiger partial charge on any atom is 0.320 e. The first-order chi connectivity index (χ1) is 20.6. The molecule has 42 heavy (non-hydrogen) atoms. The number of rotatable bonds is 14. The Hall–Kier alpha value is -5.12. The summed E-state index contributed by atoms with van der Waals surface area (Å²) >= 11 is 0. The van der Waals surface area contributed by atoms with Crippen LogP contribution in [0.4, 0.5) is 11.8 Å². The minimum Gasteiger partial charge on any atom is -0.858 e. The van der Waals surface area contributed by atoms with E-state index in [0.717, 1.165) is 38.5 Å². The van der Waals surface area contributed by atoms with E-state index < -0.39 is 11.8 Å². The van der Waals surface area contributed by atoms with Crippen LogP contribution in [0.25, 0.3) is 0 Å². The average Bonchev–Trinajstić information content (AvgIpc) is 3.67. The molecule has 5 rings (SSSR count). The lowest BCUT2D eigenvalue weighted by atomic mass is 10.1. The normalized spacial score (nSPS) is 12.1. The summed E-state index contributed by atoms with van der Waals surface area (Å²) < 4.78 is 13.7. The molecule has 0 radical (unpaired) electrons. The number of hydrogen-bond acceptors (Lipinski definition) is 8. The Morgan fingerprint density at radius 1 is 0.595 bits per heavy atom.